The normalized spacial score (nSPS) is 11.7. The highest BCUT2D eigenvalue weighted by molar-refractivity contribution is 7.90. The van der Waals surface area contributed by atoms with Crippen LogP contribution in [0.3, 0.4) is 0 Å². The van der Waals surface area contributed by atoms with Gasteiger partial charge in [-0.15, -0.1) is 0 Å². The Kier molecular flexibility index (Phi) is 4.57. The SMILES string of the molecule is CCCNCc1ncoc1-c1cccc(S(C)(=O)=O)c1. The summed E-state index contributed by atoms with van der Waals surface area (Å²) in [4.78, 5) is 4.45. The molecule has 5 nitrogen and oxygen atoms in total. The lowest BCUT2D eigenvalue weighted by Gasteiger charge is -2.04. The minimum absolute atomic E-state index is 0.277. The largest absolute Gasteiger partial charge is 0.443 e. The maximum absolute atomic E-state index is 11.6. The number of hydrogen-bond donors (Lipinski definition) is 1. The number of nitrogens with zero attached hydrogens (tertiary/aromatic N) is 1. The van der Waals surface area contributed by atoms with Crippen molar-refractivity contribution in [2.24, 2.45) is 0 Å². The van der Waals surface area contributed by atoms with E-state index >= 15 is 0 Å². The Morgan fingerprint density at radius 2 is 2.15 bits per heavy atom. The van der Waals surface area contributed by atoms with E-state index in [4.69, 9.17) is 4.42 Å². The average molecular weight is 294 g/mol. The molecular weight excluding hydrogens is 276 g/mol. The summed E-state index contributed by atoms with van der Waals surface area (Å²) in [7, 11) is -3.23. The molecule has 0 saturated carbocycles. The lowest BCUT2D eigenvalue weighted by atomic mass is 10.1. The highest BCUT2D eigenvalue weighted by Gasteiger charge is 2.13. The first-order valence-corrected chi connectivity index (χ1v) is 8.35. The summed E-state index contributed by atoms with van der Waals surface area (Å²) in [6, 6.07) is 6.71. The Bertz CT molecular complexity index is 677. The van der Waals surface area contributed by atoms with Gasteiger partial charge in [0.25, 0.3) is 0 Å². The van der Waals surface area contributed by atoms with Crippen molar-refractivity contribution >= 4 is 9.84 Å². The molecule has 0 aliphatic rings. The second-order valence-corrected chi connectivity index (χ2v) is 6.62. The molecule has 0 unspecified atom stereocenters. The van der Waals surface area contributed by atoms with E-state index in [1.807, 2.05) is 6.07 Å². The molecule has 2 rings (SSSR count). The van der Waals surface area contributed by atoms with Crippen molar-refractivity contribution in [1.82, 2.24) is 10.3 Å². The highest BCUT2D eigenvalue weighted by atomic mass is 32.2. The molecule has 1 aromatic heterocycles. The van der Waals surface area contributed by atoms with Crippen molar-refractivity contribution in [2.75, 3.05) is 12.8 Å². The van der Waals surface area contributed by atoms with Crippen LogP contribution in [0.15, 0.2) is 40.0 Å². The Balaban J connectivity index is 2.30. The first kappa shape index (κ1) is 14.7. The molecule has 0 radical (unpaired) electrons. The molecular formula is C14H18N2O3S. The van der Waals surface area contributed by atoms with Crippen LogP contribution in [-0.2, 0) is 16.4 Å². The second kappa shape index (κ2) is 6.19. The minimum atomic E-state index is -3.23. The Hall–Kier alpha value is -1.66. The van der Waals surface area contributed by atoms with E-state index in [0.717, 1.165) is 24.2 Å². The fourth-order valence-electron chi connectivity index (χ4n) is 1.88. The van der Waals surface area contributed by atoms with E-state index in [1.54, 1.807) is 18.2 Å². The fourth-order valence-corrected chi connectivity index (χ4v) is 2.55. The number of hydrogen-bond acceptors (Lipinski definition) is 5. The van der Waals surface area contributed by atoms with Gasteiger partial charge in [0.2, 0.25) is 0 Å². The third kappa shape index (κ3) is 3.46. The van der Waals surface area contributed by atoms with Crippen LogP contribution in [0.25, 0.3) is 11.3 Å². The smallest absolute Gasteiger partial charge is 0.181 e. The first-order valence-electron chi connectivity index (χ1n) is 6.46. The molecule has 20 heavy (non-hydrogen) atoms. The molecule has 0 aliphatic carbocycles. The van der Waals surface area contributed by atoms with Crippen molar-refractivity contribution in [2.45, 2.75) is 24.8 Å². The van der Waals surface area contributed by atoms with Crippen molar-refractivity contribution in [3.8, 4) is 11.3 Å². The third-order valence-corrected chi connectivity index (χ3v) is 4.00. The van der Waals surface area contributed by atoms with E-state index in [0.29, 0.717) is 12.3 Å². The number of nitrogens with one attached hydrogen (secondary N) is 1. The van der Waals surface area contributed by atoms with Gasteiger partial charge < -0.3 is 9.73 Å². The molecule has 0 saturated heterocycles. The Morgan fingerprint density at radius 1 is 1.35 bits per heavy atom. The van der Waals surface area contributed by atoms with Gasteiger partial charge in [0.1, 0.15) is 5.69 Å². The fraction of sp³-hybridized carbons (Fsp3) is 0.357. The van der Waals surface area contributed by atoms with Gasteiger partial charge in [-0.2, -0.15) is 0 Å². The molecule has 0 bridgehead atoms. The Morgan fingerprint density at radius 3 is 2.85 bits per heavy atom. The van der Waals surface area contributed by atoms with Gasteiger partial charge in [-0.1, -0.05) is 19.1 Å². The number of aromatic nitrogens is 1. The van der Waals surface area contributed by atoms with Crippen molar-refractivity contribution in [3.63, 3.8) is 0 Å². The molecule has 1 aromatic carbocycles. The highest BCUT2D eigenvalue weighted by Crippen LogP contribution is 2.25. The van der Waals surface area contributed by atoms with Gasteiger partial charge >= 0.3 is 0 Å². The number of sulfone groups is 1. The molecule has 0 amide bonds. The van der Waals surface area contributed by atoms with Crippen LogP contribution in [0.4, 0.5) is 0 Å². The molecule has 108 valence electrons. The van der Waals surface area contributed by atoms with Gasteiger partial charge in [-0.05, 0) is 25.1 Å². The van der Waals surface area contributed by atoms with Crippen molar-refractivity contribution in [1.29, 1.82) is 0 Å². The van der Waals surface area contributed by atoms with Crippen molar-refractivity contribution < 1.29 is 12.8 Å². The topological polar surface area (TPSA) is 72.2 Å². The summed E-state index contributed by atoms with van der Waals surface area (Å²) in [6.45, 7) is 3.59. The average Bonchev–Trinajstić information content (AvgIpc) is 2.87. The quantitative estimate of drug-likeness (QED) is 0.827. The summed E-state index contributed by atoms with van der Waals surface area (Å²) in [5, 5.41) is 3.25. The van der Waals surface area contributed by atoms with Crippen LogP contribution in [0.5, 0.6) is 0 Å². The van der Waals surface area contributed by atoms with E-state index in [2.05, 4.69) is 17.2 Å². The molecule has 0 spiro atoms. The molecule has 6 heteroatoms. The summed E-state index contributed by atoms with van der Waals surface area (Å²) in [5.41, 5.74) is 1.50. The van der Waals surface area contributed by atoms with Crippen LogP contribution < -0.4 is 5.32 Å². The molecule has 1 heterocycles. The summed E-state index contributed by atoms with van der Waals surface area (Å²) in [6.07, 6.45) is 3.61. The summed E-state index contributed by atoms with van der Waals surface area (Å²) in [5.74, 6) is 0.610. The number of benzene rings is 1. The third-order valence-electron chi connectivity index (χ3n) is 2.88. The predicted molar refractivity (Wildman–Crippen MR) is 77.0 cm³/mol. The summed E-state index contributed by atoms with van der Waals surface area (Å²) >= 11 is 0. The monoisotopic (exact) mass is 294 g/mol. The number of rotatable bonds is 6. The van der Waals surface area contributed by atoms with Crippen molar-refractivity contribution in [3.05, 3.63) is 36.4 Å². The van der Waals surface area contributed by atoms with Crippen LogP contribution in [0, 0.1) is 0 Å². The van der Waals surface area contributed by atoms with Crippen LogP contribution in [0.2, 0.25) is 0 Å². The van der Waals surface area contributed by atoms with E-state index in [9.17, 15) is 8.42 Å². The van der Waals surface area contributed by atoms with E-state index in [1.165, 1.54) is 12.6 Å². The first-order chi connectivity index (χ1) is 9.52. The summed E-state index contributed by atoms with van der Waals surface area (Å²) < 4.78 is 28.6. The zero-order chi connectivity index (χ0) is 14.6. The van der Waals surface area contributed by atoms with Gasteiger partial charge in [-0.25, -0.2) is 13.4 Å². The van der Waals surface area contributed by atoms with Gasteiger partial charge in [-0.3, -0.25) is 0 Å². The van der Waals surface area contributed by atoms with Crippen LogP contribution >= 0.6 is 0 Å². The molecule has 0 aliphatic heterocycles. The molecule has 1 N–H and O–H groups in total. The molecule has 0 fully saturated rings. The zero-order valence-corrected chi connectivity index (χ0v) is 12.4. The number of oxazole rings is 1. The van der Waals surface area contributed by atoms with E-state index in [-0.39, 0.29) is 4.90 Å². The van der Waals surface area contributed by atoms with Gasteiger partial charge in [0.15, 0.2) is 22.0 Å². The standard InChI is InChI=1S/C14H18N2O3S/c1-3-7-15-9-13-14(19-10-16-13)11-5-4-6-12(8-11)20(2,17)18/h4-6,8,10,15H,3,7,9H2,1-2H3. The zero-order valence-electron chi connectivity index (χ0n) is 11.6. The second-order valence-electron chi connectivity index (χ2n) is 4.60. The maximum Gasteiger partial charge on any atom is 0.181 e. The molecule has 0 atom stereocenters. The van der Waals surface area contributed by atoms with Crippen LogP contribution in [-0.4, -0.2) is 26.2 Å². The van der Waals surface area contributed by atoms with E-state index < -0.39 is 9.84 Å². The lowest BCUT2D eigenvalue weighted by Crippen LogP contribution is -2.14. The Labute approximate surface area is 119 Å². The lowest BCUT2D eigenvalue weighted by molar-refractivity contribution is 0.569. The molecule has 2 aromatic rings. The predicted octanol–water partition coefficient (Wildman–Crippen LogP) is 2.24. The maximum atomic E-state index is 11.6. The van der Waals surface area contributed by atoms with Gasteiger partial charge in [0, 0.05) is 18.4 Å². The van der Waals surface area contributed by atoms with Gasteiger partial charge in [0.05, 0.1) is 4.90 Å². The van der Waals surface area contributed by atoms with Crippen LogP contribution in [0.1, 0.15) is 19.0 Å². The minimum Gasteiger partial charge on any atom is -0.443 e.